The summed E-state index contributed by atoms with van der Waals surface area (Å²) >= 11 is 0. The molecule has 1 aromatic rings. The summed E-state index contributed by atoms with van der Waals surface area (Å²) in [5.74, 6) is 0.0417. The zero-order valence-electron chi connectivity index (χ0n) is 8.33. The van der Waals surface area contributed by atoms with Gasteiger partial charge in [0.1, 0.15) is 5.82 Å². The van der Waals surface area contributed by atoms with Gasteiger partial charge in [0.05, 0.1) is 0 Å². The number of benzene rings is 1. The third kappa shape index (κ3) is 1.28. The van der Waals surface area contributed by atoms with Crippen LogP contribution in [0.2, 0.25) is 0 Å². The van der Waals surface area contributed by atoms with Crippen LogP contribution in [0.1, 0.15) is 18.4 Å². The Morgan fingerprint density at radius 3 is 3.00 bits per heavy atom. The van der Waals surface area contributed by atoms with E-state index in [0.29, 0.717) is 6.54 Å². The van der Waals surface area contributed by atoms with Crippen LogP contribution in [-0.2, 0) is 0 Å². The van der Waals surface area contributed by atoms with Gasteiger partial charge in [-0.15, -0.1) is 0 Å². The molecule has 0 aliphatic carbocycles. The molecule has 0 aromatic heterocycles. The smallest absolute Gasteiger partial charge is 0.128 e. The molecule has 14 heavy (non-hydrogen) atoms. The van der Waals surface area contributed by atoms with Crippen molar-refractivity contribution in [2.24, 2.45) is 5.73 Å². The summed E-state index contributed by atoms with van der Waals surface area (Å²) in [6.07, 6.45) is 0. The number of fused-ring (bicyclic) bond motifs is 1. The Hall–Kier alpha value is -1.09. The maximum atomic E-state index is 13.6. The first kappa shape index (κ1) is 9.46. The minimum absolute atomic E-state index is 0.117. The largest absolute Gasteiger partial charge is 0.371 e. The highest BCUT2D eigenvalue weighted by molar-refractivity contribution is 5.60. The average molecular weight is 194 g/mol. The maximum Gasteiger partial charge on any atom is 0.128 e. The molecule has 1 aliphatic heterocycles. The lowest BCUT2D eigenvalue weighted by Gasteiger charge is -2.16. The van der Waals surface area contributed by atoms with Crippen molar-refractivity contribution in [3.8, 4) is 0 Å². The molecule has 1 aliphatic rings. The third-order valence-electron chi connectivity index (χ3n) is 2.89. The molecule has 0 fully saturated rings. The van der Waals surface area contributed by atoms with Gasteiger partial charge < -0.3 is 10.6 Å². The Morgan fingerprint density at radius 2 is 2.36 bits per heavy atom. The summed E-state index contributed by atoms with van der Waals surface area (Å²) in [5.41, 5.74) is 7.46. The first-order valence-corrected chi connectivity index (χ1v) is 5.01. The molecular weight excluding hydrogens is 179 g/mol. The summed E-state index contributed by atoms with van der Waals surface area (Å²) in [4.78, 5) is 2.18. The minimum Gasteiger partial charge on any atom is -0.371 e. The van der Waals surface area contributed by atoms with E-state index in [0.717, 1.165) is 24.3 Å². The first-order valence-electron chi connectivity index (χ1n) is 5.01. The van der Waals surface area contributed by atoms with Crippen molar-refractivity contribution >= 4 is 5.69 Å². The van der Waals surface area contributed by atoms with Crippen molar-refractivity contribution in [2.75, 3.05) is 24.5 Å². The summed E-state index contributed by atoms with van der Waals surface area (Å²) < 4.78 is 13.6. The third-order valence-corrected chi connectivity index (χ3v) is 2.89. The lowest BCUT2D eigenvalue weighted by atomic mass is 10.0. The van der Waals surface area contributed by atoms with Gasteiger partial charge in [0.2, 0.25) is 0 Å². The molecule has 0 radical (unpaired) electrons. The Balaban J connectivity index is 2.47. The van der Waals surface area contributed by atoms with Crippen LogP contribution in [0, 0.1) is 5.82 Å². The van der Waals surface area contributed by atoms with Gasteiger partial charge in [-0.1, -0.05) is 6.07 Å². The summed E-state index contributed by atoms with van der Waals surface area (Å²) in [6, 6.07) is 5.24. The number of nitrogens with two attached hydrogens (primary N) is 1. The molecule has 2 rings (SSSR count). The molecule has 0 amide bonds. The van der Waals surface area contributed by atoms with Gasteiger partial charge in [0.25, 0.3) is 0 Å². The molecule has 1 aromatic carbocycles. The lowest BCUT2D eigenvalue weighted by molar-refractivity contribution is 0.593. The van der Waals surface area contributed by atoms with E-state index in [9.17, 15) is 4.39 Å². The van der Waals surface area contributed by atoms with E-state index in [4.69, 9.17) is 5.73 Å². The highest BCUT2D eigenvalue weighted by atomic mass is 19.1. The topological polar surface area (TPSA) is 29.3 Å². The van der Waals surface area contributed by atoms with E-state index in [-0.39, 0.29) is 11.7 Å². The SMILES string of the molecule is CCN1CC(CN)c2c(F)cccc21. The highest BCUT2D eigenvalue weighted by Gasteiger charge is 2.29. The maximum absolute atomic E-state index is 13.6. The number of hydrogen-bond donors (Lipinski definition) is 1. The fourth-order valence-electron chi connectivity index (χ4n) is 2.15. The van der Waals surface area contributed by atoms with Gasteiger partial charge in [-0.2, -0.15) is 0 Å². The van der Waals surface area contributed by atoms with Crippen LogP contribution < -0.4 is 10.6 Å². The zero-order valence-corrected chi connectivity index (χ0v) is 8.33. The molecule has 76 valence electrons. The van der Waals surface area contributed by atoms with Crippen LogP contribution in [0.15, 0.2) is 18.2 Å². The second-order valence-corrected chi connectivity index (χ2v) is 3.64. The number of likely N-dealkylation sites (N-methyl/N-ethyl adjacent to an activating group) is 1. The van der Waals surface area contributed by atoms with Gasteiger partial charge in [-0.3, -0.25) is 0 Å². The highest BCUT2D eigenvalue weighted by Crippen LogP contribution is 2.36. The summed E-state index contributed by atoms with van der Waals surface area (Å²) in [5, 5.41) is 0. The van der Waals surface area contributed by atoms with E-state index in [1.165, 1.54) is 6.07 Å². The van der Waals surface area contributed by atoms with E-state index >= 15 is 0 Å². The van der Waals surface area contributed by atoms with E-state index < -0.39 is 0 Å². The van der Waals surface area contributed by atoms with E-state index in [2.05, 4.69) is 11.8 Å². The predicted molar refractivity (Wildman–Crippen MR) is 56.1 cm³/mol. The summed E-state index contributed by atoms with van der Waals surface area (Å²) in [7, 11) is 0. The molecule has 0 bridgehead atoms. The number of halogens is 1. The Labute approximate surface area is 83.5 Å². The molecule has 2 N–H and O–H groups in total. The predicted octanol–water partition coefficient (Wildman–Crippen LogP) is 1.71. The van der Waals surface area contributed by atoms with Crippen molar-refractivity contribution in [3.63, 3.8) is 0 Å². The van der Waals surface area contributed by atoms with Crippen molar-refractivity contribution in [3.05, 3.63) is 29.6 Å². The quantitative estimate of drug-likeness (QED) is 0.776. The summed E-state index contributed by atoms with van der Waals surface area (Å²) in [6.45, 7) is 4.36. The fourth-order valence-corrected chi connectivity index (χ4v) is 2.15. The van der Waals surface area contributed by atoms with Crippen LogP contribution in [0.3, 0.4) is 0 Å². The van der Waals surface area contributed by atoms with Crippen LogP contribution >= 0.6 is 0 Å². The minimum atomic E-state index is -0.117. The van der Waals surface area contributed by atoms with Crippen molar-refractivity contribution in [1.82, 2.24) is 0 Å². The number of nitrogens with zero attached hydrogens (tertiary/aromatic N) is 1. The van der Waals surface area contributed by atoms with Crippen molar-refractivity contribution in [2.45, 2.75) is 12.8 Å². The fraction of sp³-hybridized carbons (Fsp3) is 0.455. The average Bonchev–Trinajstić information content (AvgIpc) is 2.57. The second kappa shape index (κ2) is 3.58. The van der Waals surface area contributed by atoms with Gasteiger partial charge in [-0.25, -0.2) is 4.39 Å². The van der Waals surface area contributed by atoms with E-state index in [1.807, 2.05) is 6.07 Å². The number of rotatable bonds is 2. The monoisotopic (exact) mass is 194 g/mol. The van der Waals surface area contributed by atoms with Gasteiger partial charge >= 0.3 is 0 Å². The molecule has 0 saturated carbocycles. The lowest BCUT2D eigenvalue weighted by Crippen LogP contribution is -2.23. The Kier molecular flexibility index (Phi) is 2.42. The van der Waals surface area contributed by atoms with Crippen LogP contribution in [0.4, 0.5) is 10.1 Å². The molecule has 1 heterocycles. The van der Waals surface area contributed by atoms with Crippen LogP contribution in [0.5, 0.6) is 0 Å². The normalized spacial score (nSPS) is 19.9. The van der Waals surface area contributed by atoms with Gasteiger partial charge in [0.15, 0.2) is 0 Å². The second-order valence-electron chi connectivity index (χ2n) is 3.64. The van der Waals surface area contributed by atoms with E-state index in [1.54, 1.807) is 6.07 Å². The first-order chi connectivity index (χ1) is 6.77. The molecule has 0 saturated heterocycles. The molecule has 2 nitrogen and oxygen atoms in total. The number of anilines is 1. The Morgan fingerprint density at radius 1 is 1.57 bits per heavy atom. The van der Waals surface area contributed by atoms with Crippen LogP contribution in [-0.4, -0.2) is 19.6 Å². The Bertz CT molecular complexity index is 338. The molecule has 3 heteroatoms. The number of hydrogen-bond acceptors (Lipinski definition) is 2. The molecule has 1 atom stereocenters. The zero-order chi connectivity index (χ0) is 10.1. The van der Waals surface area contributed by atoms with Gasteiger partial charge in [0, 0.05) is 36.8 Å². The van der Waals surface area contributed by atoms with Crippen molar-refractivity contribution < 1.29 is 4.39 Å². The molecule has 0 spiro atoms. The standard InChI is InChI=1S/C11H15FN2/c1-2-14-7-8(6-13)11-9(12)4-3-5-10(11)14/h3-5,8H,2,6-7,13H2,1H3. The molecule has 1 unspecified atom stereocenters. The molecular formula is C11H15FN2. The van der Waals surface area contributed by atoms with Crippen LogP contribution in [0.25, 0.3) is 0 Å². The van der Waals surface area contributed by atoms with Gasteiger partial charge in [-0.05, 0) is 19.1 Å². The van der Waals surface area contributed by atoms with Crippen molar-refractivity contribution in [1.29, 1.82) is 0 Å².